The zero-order valence-corrected chi connectivity index (χ0v) is 25.5. The van der Waals surface area contributed by atoms with Crippen molar-refractivity contribution >= 4 is 51.8 Å². The third kappa shape index (κ3) is 6.27. The maximum absolute atomic E-state index is 13.2. The van der Waals surface area contributed by atoms with E-state index in [-0.39, 0.29) is 17.9 Å². The van der Waals surface area contributed by atoms with Crippen LogP contribution in [0.2, 0.25) is 0 Å². The first-order valence-corrected chi connectivity index (χ1v) is 15.1. The van der Waals surface area contributed by atoms with E-state index in [1.165, 1.54) is 24.3 Å². The Morgan fingerprint density at radius 2 is 1.43 bits per heavy atom. The summed E-state index contributed by atoms with van der Waals surface area (Å²) in [5.74, 6) is -0.855. The Morgan fingerprint density at radius 1 is 0.886 bits per heavy atom. The summed E-state index contributed by atoms with van der Waals surface area (Å²) >= 11 is 0. The minimum atomic E-state index is -1.14. The number of hydrogen-bond donors (Lipinski definition) is 3. The fourth-order valence-corrected chi connectivity index (χ4v) is 5.48. The lowest BCUT2D eigenvalue weighted by Gasteiger charge is -2.19. The average molecular weight is 600 g/mol. The molecule has 0 aliphatic heterocycles. The Balaban J connectivity index is 0.00000188. The van der Waals surface area contributed by atoms with E-state index in [4.69, 9.17) is 4.98 Å². The highest BCUT2D eigenvalue weighted by Gasteiger charge is 2.56. The molecule has 11 heteroatoms. The lowest BCUT2D eigenvalue weighted by atomic mass is 10.0. The minimum Gasteiger partial charge on any atom is -0.343 e. The molecule has 2 aromatic carbocycles. The van der Waals surface area contributed by atoms with Gasteiger partial charge in [0.1, 0.15) is 22.6 Å². The molecule has 2 aliphatic rings. The van der Waals surface area contributed by atoms with Crippen LogP contribution >= 0.6 is 0 Å². The summed E-state index contributed by atoms with van der Waals surface area (Å²) in [6.07, 6.45) is 6.87. The molecule has 44 heavy (non-hydrogen) atoms. The number of nitrogens with one attached hydrogen (secondary N) is 3. The number of aromatic nitrogens is 3. The van der Waals surface area contributed by atoms with E-state index in [0.29, 0.717) is 41.5 Å². The zero-order valence-electron chi connectivity index (χ0n) is 25.5. The molecule has 230 valence electrons. The van der Waals surface area contributed by atoms with Crippen LogP contribution < -0.4 is 16.0 Å². The van der Waals surface area contributed by atoms with E-state index in [1.807, 2.05) is 19.9 Å². The summed E-state index contributed by atoms with van der Waals surface area (Å²) in [4.78, 5) is 49.6. The number of rotatable bonds is 8. The molecule has 3 N–H and O–H groups in total. The number of fused-ring (bicyclic) bond motifs is 1. The Hall–Kier alpha value is -4.80. The van der Waals surface area contributed by atoms with Gasteiger partial charge in [-0.3, -0.25) is 14.4 Å². The molecule has 2 fully saturated rings. The molecule has 0 spiro atoms. The van der Waals surface area contributed by atoms with Crippen molar-refractivity contribution in [2.75, 3.05) is 30.0 Å². The largest absolute Gasteiger partial charge is 0.343 e. The number of benzene rings is 2. The van der Waals surface area contributed by atoms with Crippen LogP contribution in [0.3, 0.4) is 0 Å². The van der Waals surface area contributed by atoms with Crippen molar-refractivity contribution in [1.82, 2.24) is 19.4 Å². The van der Waals surface area contributed by atoms with Gasteiger partial charge in [0.15, 0.2) is 0 Å². The van der Waals surface area contributed by atoms with Gasteiger partial charge in [-0.1, -0.05) is 26.7 Å². The Kier molecular flexibility index (Phi) is 8.93. The van der Waals surface area contributed by atoms with E-state index >= 15 is 0 Å². The second-order valence-corrected chi connectivity index (χ2v) is 11.2. The number of carbonyl (C=O) groups excluding carboxylic acids is 3. The molecular formula is C33H38FN7O3. The highest BCUT2D eigenvalue weighted by atomic mass is 19.1. The summed E-state index contributed by atoms with van der Waals surface area (Å²) in [6.45, 7) is 4.00. The van der Waals surface area contributed by atoms with E-state index in [0.717, 1.165) is 36.7 Å². The fraction of sp³-hybridized carbons (Fsp3) is 0.364. The van der Waals surface area contributed by atoms with Crippen molar-refractivity contribution in [1.29, 1.82) is 0 Å². The molecule has 10 nitrogen and oxygen atoms in total. The fourth-order valence-electron chi connectivity index (χ4n) is 5.48. The van der Waals surface area contributed by atoms with Crippen LogP contribution in [0.25, 0.3) is 11.0 Å². The first-order chi connectivity index (χ1) is 21.2. The number of amides is 3. The smallest absolute Gasteiger partial charge is 0.270 e. The van der Waals surface area contributed by atoms with Gasteiger partial charge in [0, 0.05) is 48.8 Å². The zero-order chi connectivity index (χ0) is 31.4. The van der Waals surface area contributed by atoms with Crippen molar-refractivity contribution in [3.8, 4) is 0 Å². The van der Waals surface area contributed by atoms with E-state index < -0.39 is 17.1 Å². The lowest BCUT2D eigenvalue weighted by molar-refractivity contribution is -0.131. The molecule has 0 unspecified atom stereocenters. The van der Waals surface area contributed by atoms with Gasteiger partial charge in [-0.15, -0.1) is 0 Å². The molecule has 0 bridgehead atoms. The van der Waals surface area contributed by atoms with Crippen molar-refractivity contribution in [3.05, 3.63) is 72.3 Å². The highest BCUT2D eigenvalue weighted by Crippen LogP contribution is 2.47. The quantitative estimate of drug-likeness (QED) is 0.199. The molecule has 2 aromatic heterocycles. The number of hydrogen-bond acceptors (Lipinski definition) is 6. The lowest BCUT2D eigenvalue weighted by Crippen LogP contribution is -2.35. The normalized spacial score (nSPS) is 15.2. The molecule has 2 heterocycles. The summed E-state index contributed by atoms with van der Waals surface area (Å²) in [6, 6.07) is 14.6. The Labute approximate surface area is 256 Å². The van der Waals surface area contributed by atoms with E-state index in [2.05, 4.69) is 25.5 Å². The minimum absolute atomic E-state index is 0.0621. The summed E-state index contributed by atoms with van der Waals surface area (Å²) in [5, 5.41) is 9.57. The predicted octanol–water partition coefficient (Wildman–Crippen LogP) is 6.51. The first kappa shape index (κ1) is 30.7. The van der Waals surface area contributed by atoms with Crippen LogP contribution in [0.15, 0.2) is 60.8 Å². The Morgan fingerprint density at radius 3 is 1.98 bits per heavy atom. The summed E-state index contributed by atoms with van der Waals surface area (Å²) in [5.41, 5.74) is 1.90. The van der Waals surface area contributed by atoms with Gasteiger partial charge in [-0.2, -0.15) is 4.98 Å². The molecular weight excluding hydrogens is 561 g/mol. The van der Waals surface area contributed by atoms with Gasteiger partial charge in [0.25, 0.3) is 5.91 Å². The third-order valence-electron chi connectivity index (χ3n) is 8.01. The van der Waals surface area contributed by atoms with Crippen LogP contribution in [0, 0.1) is 11.2 Å². The number of halogens is 1. The van der Waals surface area contributed by atoms with Gasteiger partial charge < -0.3 is 25.4 Å². The number of anilines is 4. The molecule has 0 saturated heterocycles. The monoisotopic (exact) mass is 599 g/mol. The Bertz CT molecular complexity index is 1660. The predicted molar refractivity (Wildman–Crippen MR) is 169 cm³/mol. The SMILES string of the molecule is CC.CN(C)C(=O)c1cc2cnc(Nc3ccc(NC(=O)C4(C(=O)Nc5ccc(F)cc5)CC4)cc3)nc2n1C1CCCC1. The van der Waals surface area contributed by atoms with Crippen molar-refractivity contribution in [3.63, 3.8) is 0 Å². The van der Waals surface area contributed by atoms with Crippen LogP contribution in [-0.2, 0) is 9.59 Å². The molecule has 4 aromatic rings. The topological polar surface area (TPSA) is 121 Å². The van der Waals surface area contributed by atoms with Crippen LogP contribution in [0.1, 0.15) is 68.9 Å². The third-order valence-corrected chi connectivity index (χ3v) is 8.01. The second kappa shape index (κ2) is 12.8. The molecule has 0 atom stereocenters. The standard InChI is InChI=1S/C31H32FN7O3.C2H6/c1-38(2)27(40)25-17-19-18-33-30(37-26(19)39(25)24-5-3-4-6-24)36-23-13-11-22(12-14-23)35-29(42)31(15-16-31)28(41)34-21-9-7-20(32)8-10-21;1-2/h7-14,17-18,24H,3-6,15-16H2,1-2H3,(H,34,41)(H,35,42)(H,33,36,37);1-2H3. The molecule has 0 radical (unpaired) electrons. The summed E-state index contributed by atoms with van der Waals surface area (Å²) in [7, 11) is 3.49. The van der Waals surface area contributed by atoms with Crippen LogP contribution in [-0.4, -0.2) is 51.3 Å². The second-order valence-electron chi connectivity index (χ2n) is 11.2. The van der Waals surface area contributed by atoms with Gasteiger partial charge >= 0.3 is 0 Å². The maximum Gasteiger partial charge on any atom is 0.270 e. The summed E-state index contributed by atoms with van der Waals surface area (Å²) < 4.78 is 15.2. The number of carbonyl (C=O) groups is 3. The molecule has 3 amide bonds. The first-order valence-electron chi connectivity index (χ1n) is 15.1. The average Bonchev–Trinajstić information content (AvgIpc) is 3.51. The van der Waals surface area contributed by atoms with Gasteiger partial charge in [-0.25, -0.2) is 9.37 Å². The van der Waals surface area contributed by atoms with Gasteiger partial charge in [0.2, 0.25) is 17.8 Å². The number of nitrogens with zero attached hydrogens (tertiary/aromatic N) is 4. The van der Waals surface area contributed by atoms with Gasteiger partial charge in [0.05, 0.1) is 0 Å². The van der Waals surface area contributed by atoms with E-state index in [1.54, 1.807) is 49.5 Å². The van der Waals surface area contributed by atoms with Gasteiger partial charge in [-0.05, 0) is 80.3 Å². The van der Waals surface area contributed by atoms with Crippen LogP contribution in [0.4, 0.5) is 27.4 Å². The van der Waals surface area contributed by atoms with Crippen LogP contribution in [0.5, 0.6) is 0 Å². The molecule has 6 rings (SSSR count). The van der Waals surface area contributed by atoms with Crippen molar-refractivity contribution < 1.29 is 18.8 Å². The van der Waals surface area contributed by atoms with Crippen molar-refractivity contribution in [2.24, 2.45) is 5.41 Å². The van der Waals surface area contributed by atoms with E-state index in [9.17, 15) is 18.8 Å². The highest BCUT2D eigenvalue weighted by molar-refractivity contribution is 6.17. The molecule has 2 saturated carbocycles. The van der Waals surface area contributed by atoms with Crippen molar-refractivity contribution in [2.45, 2.75) is 58.4 Å². The molecule has 2 aliphatic carbocycles. The maximum atomic E-state index is 13.2.